The maximum Gasteiger partial charge on any atom is 0.229 e. The average Bonchev–Trinajstić information content (AvgIpc) is 2.72. The van der Waals surface area contributed by atoms with E-state index in [1.807, 2.05) is 37.3 Å². The van der Waals surface area contributed by atoms with Crippen LogP contribution in [0.1, 0.15) is 31.9 Å². The van der Waals surface area contributed by atoms with Gasteiger partial charge in [0.25, 0.3) is 0 Å². The third-order valence-corrected chi connectivity index (χ3v) is 5.73. The summed E-state index contributed by atoms with van der Waals surface area (Å²) in [5.74, 6) is 0.439. The summed E-state index contributed by atoms with van der Waals surface area (Å²) in [6.07, 6.45) is -3.50. The van der Waals surface area contributed by atoms with Gasteiger partial charge in [0.15, 0.2) is 0 Å². The van der Waals surface area contributed by atoms with Crippen LogP contribution in [0, 0.1) is 6.92 Å². The van der Waals surface area contributed by atoms with E-state index in [0.717, 1.165) is 22.3 Å². The fourth-order valence-corrected chi connectivity index (χ4v) is 4.14. The van der Waals surface area contributed by atoms with Crippen LogP contribution in [-0.2, 0) is 20.7 Å². The summed E-state index contributed by atoms with van der Waals surface area (Å²) in [5.41, 5.74) is 3.33. The Kier molecular flexibility index (Phi) is 7.56. The van der Waals surface area contributed by atoms with Gasteiger partial charge < -0.3 is 29.7 Å². The summed E-state index contributed by atoms with van der Waals surface area (Å²) in [5, 5.41) is 23.9. The number of hydrogen-bond acceptors (Lipinski definition) is 6. The van der Waals surface area contributed by atoms with Crippen LogP contribution >= 0.6 is 0 Å². The van der Waals surface area contributed by atoms with Gasteiger partial charge in [-0.05, 0) is 56.0 Å². The normalized spacial score (nSPS) is 24.7. The van der Waals surface area contributed by atoms with E-state index in [1.165, 1.54) is 14.0 Å². The molecule has 174 valence electrons. The van der Waals surface area contributed by atoms with Crippen LogP contribution in [0.3, 0.4) is 0 Å². The Balaban J connectivity index is 1.89. The van der Waals surface area contributed by atoms with Crippen LogP contribution < -0.4 is 10.1 Å². The average molecular weight is 444 g/mol. The van der Waals surface area contributed by atoms with Gasteiger partial charge in [0.1, 0.15) is 24.1 Å². The fraction of sp³-hybridized carbons (Fsp3) is 0.480. The van der Waals surface area contributed by atoms with Crippen molar-refractivity contribution in [1.29, 1.82) is 0 Å². The zero-order chi connectivity index (χ0) is 23.5. The van der Waals surface area contributed by atoms with E-state index >= 15 is 0 Å². The minimum Gasteiger partial charge on any atom is -0.462 e. The minimum absolute atomic E-state index is 0.0685. The van der Waals surface area contributed by atoms with Gasteiger partial charge in [0.05, 0.1) is 5.60 Å². The molecule has 7 nitrogen and oxygen atoms in total. The minimum atomic E-state index is -1.27. The molecule has 2 aromatic carbocycles. The van der Waals surface area contributed by atoms with Gasteiger partial charge in [-0.3, -0.25) is 4.79 Å². The topological polar surface area (TPSA) is 97.3 Å². The number of nitrogens with one attached hydrogen (secondary N) is 1. The third kappa shape index (κ3) is 5.48. The van der Waals surface area contributed by atoms with Crippen LogP contribution in [0.25, 0.3) is 11.1 Å². The Labute approximate surface area is 189 Å². The van der Waals surface area contributed by atoms with E-state index in [9.17, 15) is 15.0 Å². The number of aliphatic hydroxyl groups is 2. The molecular formula is C25H33NO6. The Morgan fingerprint density at radius 1 is 1.16 bits per heavy atom. The first-order valence-electron chi connectivity index (χ1n) is 10.8. The molecule has 1 aliphatic heterocycles. The van der Waals surface area contributed by atoms with Gasteiger partial charge >= 0.3 is 0 Å². The van der Waals surface area contributed by atoms with E-state index < -0.39 is 30.2 Å². The Morgan fingerprint density at radius 2 is 1.91 bits per heavy atom. The Hall–Kier alpha value is -2.45. The fourth-order valence-electron chi connectivity index (χ4n) is 4.14. The van der Waals surface area contributed by atoms with Crippen LogP contribution in [0.5, 0.6) is 5.75 Å². The molecule has 3 N–H and O–H groups in total. The summed E-state index contributed by atoms with van der Waals surface area (Å²) in [4.78, 5) is 11.3. The number of rotatable bonds is 7. The summed E-state index contributed by atoms with van der Waals surface area (Å²) >= 11 is 0. The highest BCUT2D eigenvalue weighted by Gasteiger charge is 2.50. The van der Waals surface area contributed by atoms with Gasteiger partial charge in [0.2, 0.25) is 12.2 Å². The number of benzene rings is 2. The lowest BCUT2D eigenvalue weighted by molar-refractivity contribution is -0.305. The van der Waals surface area contributed by atoms with E-state index in [4.69, 9.17) is 14.2 Å². The molecule has 1 unspecified atom stereocenters. The van der Waals surface area contributed by atoms with E-state index in [2.05, 4.69) is 11.4 Å². The second kappa shape index (κ2) is 10.0. The Morgan fingerprint density at radius 3 is 2.56 bits per heavy atom. The molecule has 2 aromatic rings. The number of amides is 1. The van der Waals surface area contributed by atoms with Crippen LogP contribution in [0.2, 0.25) is 0 Å². The molecule has 3 rings (SSSR count). The first-order valence-corrected chi connectivity index (χ1v) is 10.8. The summed E-state index contributed by atoms with van der Waals surface area (Å²) in [7, 11) is 1.47. The lowest BCUT2D eigenvalue weighted by Crippen LogP contribution is -2.63. The molecule has 0 radical (unpaired) electrons. The third-order valence-electron chi connectivity index (χ3n) is 5.73. The quantitative estimate of drug-likeness (QED) is 0.609. The van der Waals surface area contributed by atoms with Crippen LogP contribution in [-0.4, -0.2) is 60.0 Å². The predicted molar refractivity (Wildman–Crippen MR) is 121 cm³/mol. The highest BCUT2D eigenvalue weighted by atomic mass is 16.7. The standard InChI is InChI=1S/C25H33NO6/c1-15-7-6-8-18(13-15)20-14-19(10-9-17(20)11-12-26-16(2)27)31-24-22(29)21(28)23(30-5)25(3,4)32-24/h6-10,13-14,21-24,28-29H,11-12H2,1-5H3,(H,26,27)/t21-,22-,23+,24?/m0/s1. The lowest BCUT2D eigenvalue weighted by atomic mass is 9.89. The van der Waals surface area contributed by atoms with Gasteiger partial charge in [-0.25, -0.2) is 0 Å². The smallest absolute Gasteiger partial charge is 0.229 e. The van der Waals surface area contributed by atoms with Crippen molar-refractivity contribution in [2.45, 2.75) is 64.3 Å². The number of carbonyl (C=O) groups is 1. The van der Waals surface area contributed by atoms with Crippen molar-refractivity contribution >= 4 is 5.91 Å². The summed E-state index contributed by atoms with van der Waals surface area (Å²) < 4.78 is 17.3. The molecule has 1 saturated heterocycles. The molecule has 0 saturated carbocycles. The van der Waals surface area contributed by atoms with E-state index in [0.29, 0.717) is 18.7 Å². The molecule has 0 bridgehead atoms. The first-order chi connectivity index (χ1) is 15.1. The van der Waals surface area contributed by atoms with E-state index in [-0.39, 0.29) is 5.91 Å². The van der Waals surface area contributed by atoms with E-state index in [1.54, 1.807) is 19.9 Å². The molecule has 1 amide bonds. The maximum atomic E-state index is 11.3. The molecule has 4 atom stereocenters. The zero-order valence-electron chi connectivity index (χ0n) is 19.3. The molecule has 1 aliphatic rings. The van der Waals surface area contributed by atoms with Crippen molar-refractivity contribution in [2.75, 3.05) is 13.7 Å². The number of carbonyl (C=O) groups excluding carboxylic acids is 1. The van der Waals surface area contributed by atoms with Crippen molar-refractivity contribution in [2.24, 2.45) is 0 Å². The number of aryl methyl sites for hydroxylation is 1. The van der Waals surface area contributed by atoms with Gasteiger partial charge in [-0.15, -0.1) is 0 Å². The van der Waals surface area contributed by atoms with Crippen LogP contribution in [0.4, 0.5) is 0 Å². The number of aliphatic hydroxyl groups excluding tert-OH is 2. The molecular weight excluding hydrogens is 410 g/mol. The SMILES string of the molecule is CO[C@@H]1[C@@H](O)[C@H](O)C(Oc2ccc(CCNC(C)=O)c(-c3cccc(C)c3)c2)OC1(C)C. The van der Waals surface area contributed by atoms with Crippen molar-refractivity contribution < 1.29 is 29.2 Å². The van der Waals surface area contributed by atoms with Crippen molar-refractivity contribution in [1.82, 2.24) is 5.32 Å². The highest BCUT2D eigenvalue weighted by molar-refractivity contribution is 5.73. The molecule has 0 aromatic heterocycles. The lowest BCUT2D eigenvalue weighted by Gasteiger charge is -2.46. The molecule has 32 heavy (non-hydrogen) atoms. The molecule has 7 heteroatoms. The van der Waals surface area contributed by atoms with Crippen molar-refractivity contribution in [3.05, 3.63) is 53.6 Å². The second-order valence-electron chi connectivity index (χ2n) is 8.77. The monoisotopic (exact) mass is 443 g/mol. The van der Waals surface area contributed by atoms with Gasteiger partial charge in [-0.2, -0.15) is 0 Å². The molecule has 0 spiro atoms. The number of methoxy groups -OCH3 is 1. The Bertz CT molecular complexity index is 944. The number of hydrogen-bond donors (Lipinski definition) is 3. The number of ether oxygens (including phenoxy) is 3. The molecule has 1 heterocycles. The predicted octanol–water partition coefficient (Wildman–Crippen LogP) is 2.59. The van der Waals surface area contributed by atoms with Gasteiger partial charge in [0, 0.05) is 20.6 Å². The van der Waals surface area contributed by atoms with Crippen molar-refractivity contribution in [3.8, 4) is 16.9 Å². The summed E-state index contributed by atoms with van der Waals surface area (Å²) in [6, 6.07) is 13.8. The highest BCUT2D eigenvalue weighted by Crippen LogP contribution is 2.34. The van der Waals surface area contributed by atoms with Crippen LogP contribution in [0.15, 0.2) is 42.5 Å². The van der Waals surface area contributed by atoms with Crippen molar-refractivity contribution in [3.63, 3.8) is 0 Å². The zero-order valence-corrected chi connectivity index (χ0v) is 19.3. The summed E-state index contributed by atoms with van der Waals surface area (Å²) in [6.45, 7) is 7.63. The second-order valence-corrected chi connectivity index (χ2v) is 8.77. The first kappa shape index (κ1) is 24.2. The molecule has 1 fully saturated rings. The maximum absolute atomic E-state index is 11.3. The van der Waals surface area contributed by atoms with Gasteiger partial charge in [-0.1, -0.05) is 35.9 Å². The molecule has 0 aliphatic carbocycles. The largest absolute Gasteiger partial charge is 0.462 e.